The summed E-state index contributed by atoms with van der Waals surface area (Å²) < 4.78 is 26.1. The summed E-state index contributed by atoms with van der Waals surface area (Å²) in [5, 5.41) is 21.4. The van der Waals surface area contributed by atoms with Crippen LogP contribution in [-0.2, 0) is 32.7 Å². The second kappa shape index (κ2) is 30.1. The van der Waals surface area contributed by atoms with E-state index in [4.69, 9.17) is 4.74 Å². The number of hydrogen-bond donors (Lipinski definition) is 4. The third-order valence-corrected chi connectivity index (χ3v) is 7.85. The van der Waals surface area contributed by atoms with E-state index < -0.39 is 57.6 Å². The van der Waals surface area contributed by atoms with Crippen LogP contribution < -0.4 is 5.32 Å². The Hall–Kier alpha value is -2.30. The molecule has 46 heavy (non-hydrogen) atoms. The zero-order valence-electron chi connectivity index (χ0n) is 28.1. The Bertz CT molecular complexity index is 937. The third-order valence-electron chi connectivity index (χ3n) is 6.90. The molecule has 0 aliphatic rings. The smallest absolute Gasteiger partial charge is 0.472 e. The Labute approximate surface area is 276 Å². The summed E-state index contributed by atoms with van der Waals surface area (Å²) >= 11 is 0. The number of aliphatic hydroxyl groups is 1. The fraction of sp³-hybridized carbons (Fsp3) is 0.735. The molecule has 11 nitrogen and oxygen atoms in total. The van der Waals surface area contributed by atoms with Gasteiger partial charge in [-0.05, 0) is 51.4 Å². The molecule has 0 aliphatic heterocycles. The van der Waals surface area contributed by atoms with E-state index in [2.05, 4.69) is 57.7 Å². The van der Waals surface area contributed by atoms with Gasteiger partial charge < -0.3 is 25.2 Å². The van der Waals surface area contributed by atoms with Crippen LogP contribution in [0.5, 0.6) is 0 Å². The fourth-order valence-electron chi connectivity index (χ4n) is 4.24. The van der Waals surface area contributed by atoms with Gasteiger partial charge in [0.25, 0.3) is 0 Å². The van der Waals surface area contributed by atoms with E-state index in [0.717, 1.165) is 44.9 Å². The molecule has 1 amide bonds. The molecule has 4 N–H and O–H groups in total. The van der Waals surface area contributed by atoms with Crippen LogP contribution in [0, 0.1) is 0 Å². The number of amides is 1. The van der Waals surface area contributed by atoms with Crippen molar-refractivity contribution in [1.82, 2.24) is 5.32 Å². The summed E-state index contributed by atoms with van der Waals surface area (Å²) in [6, 6.07) is -1.55. The Morgan fingerprint density at radius 1 is 0.696 bits per heavy atom. The molecule has 0 aromatic carbocycles. The van der Waals surface area contributed by atoms with E-state index in [1.54, 1.807) is 6.92 Å². The number of aliphatic hydroxyl groups excluding tert-OH is 1. The first-order valence-electron chi connectivity index (χ1n) is 17.0. The van der Waals surface area contributed by atoms with Crippen molar-refractivity contribution in [2.45, 2.75) is 142 Å². The SMILES string of the molecule is CCCCC/C=C\C/C=C\C/C=C\CCCCCCCCCCC(=O)NC(COP(=O)(O)OCC(O)COC(=O)CCC)C(=O)O. The van der Waals surface area contributed by atoms with Crippen LogP contribution >= 0.6 is 7.82 Å². The summed E-state index contributed by atoms with van der Waals surface area (Å²) in [4.78, 5) is 44.7. The zero-order valence-corrected chi connectivity index (χ0v) is 29.0. The third kappa shape index (κ3) is 29.1. The highest BCUT2D eigenvalue weighted by molar-refractivity contribution is 7.47. The molecule has 0 aliphatic carbocycles. The molecular formula is C34H60NO10P. The van der Waals surface area contributed by atoms with Gasteiger partial charge in [-0.3, -0.25) is 18.6 Å². The first kappa shape index (κ1) is 43.7. The normalized spacial score (nSPS) is 14.5. The molecule has 3 atom stereocenters. The van der Waals surface area contributed by atoms with E-state index in [-0.39, 0.29) is 12.8 Å². The molecule has 12 heteroatoms. The number of unbranched alkanes of at least 4 members (excludes halogenated alkanes) is 11. The molecule has 0 heterocycles. The number of phosphoric acid groups is 1. The maximum absolute atomic E-state index is 12.2. The first-order valence-corrected chi connectivity index (χ1v) is 18.5. The van der Waals surface area contributed by atoms with E-state index in [0.29, 0.717) is 12.8 Å². The largest absolute Gasteiger partial charge is 0.480 e. The number of phosphoric ester groups is 1. The minimum atomic E-state index is -4.73. The van der Waals surface area contributed by atoms with E-state index in [1.807, 2.05) is 0 Å². The molecular weight excluding hydrogens is 613 g/mol. The first-order chi connectivity index (χ1) is 22.1. The van der Waals surface area contributed by atoms with Crippen molar-refractivity contribution in [2.24, 2.45) is 0 Å². The van der Waals surface area contributed by atoms with Crippen LogP contribution in [0.1, 0.15) is 129 Å². The number of carboxylic acid groups (broad SMARTS) is 1. The molecule has 0 aromatic rings. The van der Waals surface area contributed by atoms with Crippen LogP contribution in [0.4, 0.5) is 0 Å². The summed E-state index contributed by atoms with van der Waals surface area (Å²) in [6.45, 7) is 2.10. The number of carboxylic acids is 1. The van der Waals surface area contributed by atoms with Crippen molar-refractivity contribution < 1.29 is 47.8 Å². The topological polar surface area (TPSA) is 169 Å². The van der Waals surface area contributed by atoms with Crippen molar-refractivity contribution in [3.63, 3.8) is 0 Å². The lowest BCUT2D eigenvalue weighted by atomic mass is 10.1. The molecule has 0 fully saturated rings. The maximum Gasteiger partial charge on any atom is 0.472 e. The molecule has 0 saturated heterocycles. The van der Waals surface area contributed by atoms with E-state index in [1.165, 1.54) is 44.9 Å². The number of carbonyl (C=O) groups excluding carboxylic acids is 2. The molecule has 0 aromatic heterocycles. The number of aliphatic carboxylic acids is 1. The summed E-state index contributed by atoms with van der Waals surface area (Å²) in [7, 11) is -4.73. The second-order valence-electron chi connectivity index (χ2n) is 11.4. The fourth-order valence-corrected chi connectivity index (χ4v) is 5.01. The van der Waals surface area contributed by atoms with Gasteiger partial charge in [0.15, 0.2) is 6.04 Å². The van der Waals surface area contributed by atoms with Crippen molar-refractivity contribution in [2.75, 3.05) is 19.8 Å². The van der Waals surface area contributed by atoms with Gasteiger partial charge in [0, 0.05) is 12.8 Å². The van der Waals surface area contributed by atoms with Crippen molar-refractivity contribution in [3.8, 4) is 0 Å². The Morgan fingerprint density at radius 2 is 1.22 bits per heavy atom. The molecule has 3 unspecified atom stereocenters. The average Bonchev–Trinajstić information content (AvgIpc) is 3.01. The molecule has 0 rings (SSSR count). The quantitative estimate of drug-likeness (QED) is 0.0253. The maximum atomic E-state index is 12.2. The number of rotatable bonds is 31. The summed E-state index contributed by atoms with van der Waals surface area (Å²) in [5.74, 6) is -2.45. The summed E-state index contributed by atoms with van der Waals surface area (Å²) in [5.41, 5.74) is 0. The number of nitrogens with one attached hydrogen (secondary N) is 1. The Morgan fingerprint density at radius 3 is 1.78 bits per heavy atom. The predicted molar refractivity (Wildman–Crippen MR) is 180 cm³/mol. The van der Waals surface area contributed by atoms with Gasteiger partial charge in [-0.1, -0.05) is 102 Å². The van der Waals surface area contributed by atoms with Crippen LogP contribution in [0.3, 0.4) is 0 Å². The number of esters is 1. The summed E-state index contributed by atoms with van der Waals surface area (Å²) in [6.07, 6.45) is 29.4. The van der Waals surface area contributed by atoms with Gasteiger partial charge in [0.2, 0.25) is 5.91 Å². The number of allylic oxidation sites excluding steroid dienone is 6. The van der Waals surface area contributed by atoms with Gasteiger partial charge in [-0.15, -0.1) is 0 Å². The van der Waals surface area contributed by atoms with Gasteiger partial charge >= 0.3 is 19.8 Å². The van der Waals surface area contributed by atoms with Gasteiger partial charge in [-0.25, -0.2) is 9.36 Å². The molecule has 0 saturated carbocycles. The van der Waals surface area contributed by atoms with E-state index >= 15 is 0 Å². The van der Waals surface area contributed by atoms with Gasteiger partial charge in [-0.2, -0.15) is 0 Å². The lowest BCUT2D eigenvalue weighted by Gasteiger charge is -2.18. The highest BCUT2D eigenvalue weighted by Gasteiger charge is 2.28. The van der Waals surface area contributed by atoms with Crippen molar-refractivity contribution in [3.05, 3.63) is 36.5 Å². The minimum Gasteiger partial charge on any atom is -0.480 e. The van der Waals surface area contributed by atoms with Crippen molar-refractivity contribution >= 4 is 25.7 Å². The van der Waals surface area contributed by atoms with Crippen LogP contribution in [-0.4, -0.2) is 64.9 Å². The molecule has 266 valence electrons. The molecule has 0 bridgehead atoms. The predicted octanol–water partition coefficient (Wildman–Crippen LogP) is 7.32. The number of ether oxygens (including phenoxy) is 1. The van der Waals surface area contributed by atoms with Crippen molar-refractivity contribution in [1.29, 1.82) is 0 Å². The second-order valence-corrected chi connectivity index (χ2v) is 12.8. The highest BCUT2D eigenvalue weighted by Crippen LogP contribution is 2.43. The lowest BCUT2D eigenvalue weighted by Crippen LogP contribution is -2.43. The number of hydrogen-bond acceptors (Lipinski definition) is 8. The van der Waals surface area contributed by atoms with Gasteiger partial charge in [0.05, 0.1) is 13.2 Å². The Kier molecular flexibility index (Phi) is 28.6. The van der Waals surface area contributed by atoms with Crippen LogP contribution in [0.25, 0.3) is 0 Å². The lowest BCUT2D eigenvalue weighted by molar-refractivity contribution is -0.147. The average molecular weight is 674 g/mol. The zero-order chi connectivity index (χ0) is 34.3. The number of carbonyl (C=O) groups is 3. The monoisotopic (exact) mass is 673 g/mol. The van der Waals surface area contributed by atoms with Crippen LogP contribution in [0.15, 0.2) is 36.5 Å². The van der Waals surface area contributed by atoms with Gasteiger partial charge in [0.1, 0.15) is 12.7 Å². The molecule has 0 spiro atoms. The Balaban J connectivity index is 3.88. The van der Waals surface area contributed by atoms with E-state index in [9.17, 15) is 34.1 Å². The molecule has 0 radical (unpaired) electrons. The highest BCUT2D eigenvalue weighted by atomic mass is 31.2. The minimum absolute atomic E-state index is 0.136. The standard InChI is InChI=1S/C34H60NO10P/c1-3-5-6-7-8-9-10-11-12-13-14-15-16-17-18-19-20-21-22-23-24-26-32(37)35-31(34(39)40)29-45-46(41,42)44-28-30(36)27-43-33(38)25-4-2/h8-9,11-12,14-15,30-31,36H,3-7,10,13,16-29H2,1-2H3,(H,35,37)(H,39,40)(H,41,42)/b9-8-,12-11-,15-14-. The van der Waals surface area contributed by atoms with Crippen LogP contribution in [0.2, 0.25) is 0 Å².